The molecular weight excluding hydrogens is 260 g/mol. The van der Waals surface area contributed by atoms with Crippen LogP contribution < -0.4 is 5.73 Å². The Labute approximate surface area is 103 Å². The zero-order valence-electron chi connectivity index (χ0n) is 7.38. The van der Waals surface area contributed by atoms with Crippen LogP contribution in [0.5, 0.6) is 0 Å². The molecule has 2 aromatic heterocycles. The Kier molecular flexibility index (Phi) is 4.87. The molecule has 1 amide bonds. The molecule has 0 saturated carbocycles. The average molecular weight is 269 g/mol. The standard InChI is InChI=1S/C8H6ClN3O.2ClH/c9-5-3-6(7(10)13)8-11-1-2-12(8)4-5;;/h1-4H,(H2,10,13);2*1H. The van der Waals surface area contributed by atoms with Crippen LogP contribution in [0.3, 0.4) is 0 Å². The van der Waals surface area contributed by atoms with Gasteiger partial charge in [-0.1, -0.05) is 11.6 Å². The maximum Gasteiger partial charge on any atom is 0.252 e. The zero-order valence-corrected chi connectivity index (χ0v) is 9.77. The first-order valence-corrected chi connectivity index (χ1v) is 3.98. The summed E-state index contributed by atoms with van der Waals surface area (Å²) in [5.74, 6) is -0.529. The fraction of sp³-hybridized carbons (Fsp3) is 0. The maximum absolute atomic E-state index is 11.0. The number of imidazole rings is 1. The van der Waals surface area contributed by atoms with Gasteiger partial charge in [0, 0.05) is 18.6 Å². The van der Waals surface area contributed by atoms with Gasteiger partial charge in [-0.25, -0.2) is 4.98 Å². The molecule has 0 spiro atoms. The number of hydrogen-bond donors (Lipinski definition) is 1. The second-order valence-corrected chi connectivity index (χ2v) is 3.03. The normalized spacial score (nSPS) is 9.13. The van der Waals surface area contributed by atoms with Crippen LogP contribution >= 0.6 is 36.4 Å². The van der Waals surface area contributed by atoms with Crippen molar-refractivity contribution in [3.63, 3.8) is 0 Å². The predicted octanol–water partition coefficient (Wildman–Crippen LogP) is 1.93. The van der Waals surface area contributed by atoms with Gasteiger partial charge in [0.25, 0.3) is 5.91 Å². The summed E-state index contributed by atoms with van der Waals surface area (Å²) in [6.45, 7) is 0. The molecule has 0 aliphatic rings. The molecule has 15 heavy (non-hydrogen) atoms. The van der Waals surface area contributed by atoms with Crippen LogP contribution in [0.2, 0.25) is 5.02 Å². The monoisotopic (exact) mass is 267 g/mol. The van der Waals surface area contributed by atoms with E-state index in [9.17, 15) is 4.79 Å². The molecule has 0 aliphatic carbocycles. The molecule has 0 fully saturated rings. The number of rotatable bonds is 1. The molecule has 0 radical (unpaired) electrons. The lowest BCUT2D eigenvalue weighted by atomic mass is 10.2. The van der Waals surface area contributed by atoms with Gasteiger partial charge in [0.2, 0.25) is 0 Å². The van der Waals surface area contributed by atoms with Crippen molar-refractivity contribution in [1.29, 1.82) is 0 Å². The summed E-state index contributed by atoms with van der Waals surface area (Å²) in [6, 6.07) is 1.51. The smallest absolute Gasteiger partial charge is 0.252 e. The van der Waals surface area contributed by atoms with E-state index < -0.39 is 5.91 Å². The van der Waals surface area contributed by atoms with Crippen molar-refractivity contribution >= 4 is 48.0 Å². The van der Waals surface area contributed by atoms with Crippen LogP contribution in [0.4, 0.5) is 0 Å². The lowest BCUT2D eigenvalue weighted by molar-refractivity contribution is 0.100. The van der Waals surface area contributed by atoms with Crippen molar-refractivity contribution in [2.24, 2.45) is 5.73 Å². The van der Waals surface area contributed by atoms with Gasteiger partial charge >= 0.3 is 0 Å². The largest absolute Gasteiger partial charge is 0.365 e. The molecule has 0 bridgehead atoms. The minimum Gasteiger partial charge on any atom is -0.365 e. The number of primary amides is 1. The van der Waals surface area contributed by atoms with Gasteiger partial charge in [-0.3, -0.25) is 4.79 Å². The minimum absolute atomic E-state index is 0. The molecule has 82 valence electrons. The lowest BCUT2D eigenvalue weighted by Crippen LogP contribution is -2.12. The fourth-order valence-corrected chi connectivity index (χ4v) is 1.39. The molecule has 2 heterocycles. The fourth-order valence-electron chi connectivity index (χ4n) is 1.18. The van der Waals surface area contributed by atoms with Crippen LogP contribution in [-0.2, 0) is 0 Å². The number of carbonyl (C=O) groups excluding carboxylic acids is 1. The number of nitrogens with two attached hydrogens (primary N) is 1. The predicted molar refractivity (Wildman–Crippen MR) is 63.2 cm³/mol. The molecule has 0 saturated heterocycles. The van der Waals surface area contributed by atoms with Crippen molar-refractivity contribution in [2.75, 3.05) is 0 Å². The molecule has 7 heteroatoms. The third-order valence-corrected chi connectivity index (χ3v) is 1.93. The van der Waals surface area contributed by atoms with Crippen LogP contribution in [-0.4, -0.2) is 15.3 Å². The highest BCUT2D eigenvalue weighted by Gasteiger charge is 2.08. The van der Waals surface area contributed by atoms with Gasteiger partial charge in [-0.15, -0.1) is 24.8 Å². The Morgan fingerprint density at radius 2 is 2.13 bits per heavy atom. The van der Waals surface area contributed by atoms with E-state index in [1.807, 2.05) is 0 Å². The van der Waals surface area contributed by atoms with E-state index >= 15 is 0 Å². The summed E-state index contributed by atoms with van der Waals surface area (Å²) in [7, 11) is 0. The molecule has 0 unspecified atom stereocenters. The van der Waals surface area contributed by atoms with Gasteiger partial charge in [0.15, 0.2) is 0 Å². The quantitative estimate of drug-likeness (QED) is 0.859. The summed E-state index contributed by atoms with van der Waals surface area (Å²) in [5, 5.41) is 0.458. The van der Waals surface area contributed by atoms with Gasteiger partial charge in [0.05, 0.1) is 10.6 Å². The SMILES string of the molecule is Cl.Cl.NC(=O)c1cc(Cl)cn2ccnc12. The van der Waals surface area contributed by atoms with Crippen molar-refractivity contribution in [1.82, 2.24) is 9.38 Å². The number of fused-ring (bicyclic) bond motifs is 1. The number of hydrogen-bond acceptors (Lipinski definition) is 2. The topological polar surface area (TPSA) is 60.4 Å². The second-order valence-electron chi connectivity index (χ2n) is 2.59. The first kappa shape index (κ1) is 14.0. The molecule has 4 nitrogen and oxygen atoms in total. The minimum atomic E-state index is -0.529. The van der Waals surface area contributed by atoms with E-state index in [2.05, 4.69) is 4.98 Å². The van der Waals surface area contributed by atoms with Gasteiger partial charge in [-0.2, -0.15) is 0 Å². The Balaban J connectivity index is 0.000000980. The van der Waals surface area contributed by atoms with E-state index in [-0.39, 0.29) is 24.8 Å². The van der Waals surface area contributed by atoms with Crippen molar-refractivity contribution < 1.29 is 4.79 Å². The van der Waals surface area contributed by atoms with Crippen molar-refractivity contribution in [3.05, 3.63) is 35.2 Å². The summed E-state index contributed by atoms with van der Waals surface area (Å²) < 4.78 is 1.66. The first-order valence-electron chi connectivity index (χ1n) is 3.60. The van der Waals surface area contributed by atoms with Gasteiger partial charge < -0.3 is 10.1 Å². The van der Waals surface area contributed by atoms with Crippen LogP contribution in [0.15, 0.2) is 24.7 Å². The van der Waals surface area contributed by atoms with Crippen LogP contribution in [0.1, 0.15) is 10.4 Å². The summed E-state index contributed by atoms with van der Waals surface area (Å²) >= 11 is 5.77. The van der Waals surface area contributed by atoms with E-state index in [0.29, 0.717) is 16.2 Å². The molecule has 2 aromatic rings. The van der Waals surface area contributed by atoms with E-state index in [1.165, 1.54) is 6.07 Å². The molecule has 0 atom stereocenters. The number of carbonyl (C=O) groups is 1. The number of amides is 1. The highest BCUT2D eigenvalue weighted by molar-refractivity contribution is 6.31. The van der Waals surface area contributed by atoms with Crippen LogP contribution in [0.25, 0.3) is 5.65 Å². The molecule has 2 N–H and O–H groups in total. The van der Waals surface area contributed by atoms with Gasteiger partial charge in [0.1, 0.15) is 5.65 Å². The summed E-state index contributed by atoms with van der Waals surface area (Å²) in [5.41, 5.74) is 6.01. The number of aromatic nitrogens is 2. The van der Waals surface area contributed by atoms with Crippen molar-refractivity contribution in [2.45, 2.75) is 0 Å². The third-order valence-electron chi connectivity index (χ3n) is 1.72. The Morgan fingerprint density at radius 1 is 1.47 bits per heavy atom. The molecular formula is C8H8Cl3N3O. The zero-order chi connectivity index (χ0) is 9.42. The maximum atomic E-state index is 11.0. The number of nitrogens with zero attached hydrogens (tertiary/aromatic N) is 2. The Hall–Kier alpha value is -0.970. The molecule has 2 rings (SSSR count). The second kappa shape index (κ2) is 5.21. The average Bonchev–Trinajstić information content (AvgIpc) is 2.49. The number of pyridine rings is 1. The summed E-state index contributed by atoms with van der Waals surface area (Å²) in [4.78, 5) is 15.0. The Bertz CT molecular complexity index is 483. The molecule has 0 aliphatic heterocycles. The highest BCUT2D eigenvalue weighted by Crippen LogP contribution is 2.15. The first-order chi connectivity index (χ1) is 6.18. The molecule has 0 aromatic carbocycles. The third kappa shape index (κ3) is 2.53. The highest BCUT2D eigenvalue weighted by atomic mass is 35.5. The van der Waals surface area contributed by atoms with E-state index in [0.717, 1.165) is 0 Å². The summed E-state index contributed by atoms with van der Waals surface area (Å²) in [6.07, 6.45) is 4.95. The van der Waals surface area contributed by atoms with E-state index in [1.54, 1.807) is 23.0 Å². The van der Waals surface area contributed by atoms with Crippen LogP contribution in [0, 0.1) is 0 Å². The Morgan fingerprint density at radius 3 is 2.73 bits per heavy atom. The lowest BCUT2D eigenvalue weighted by Gasteiger charge is -1.99. The van der Waals surface area contributed by atoms with E-state index in [4.69, 9.17) is 17.3 Å². The van der Waals surface area contributed by atoms with Gasteiger partial charge in [-0.05, 0) is 6.07 Å². The number of halogens is 3. The van der Waals surface area contributed by atoms with Crippen molar-refractivity contribution in [3.8, 4) is 0 Å².